The Kier molecular flexibility index (Phi) is 3.84. The van der Waals surface area contributed by atoms with Crippen LogP contribution in [0.25, 0.3) is 0 Å². The first-order chi connectivity index (χ1) is 11.4. The minimum Gasteiger partial charge on any atom is -0.454 e. The van der Waals surface area contributed by atoms with Crippen molar-refractivity contribution in [2.45, 2.75) is 13.0 Å². The SMILES string of the molecule is C[C@H](NC(=O)CN1C(=O)C(=O)N(C)C1=O)c1ccc2c(c1)OCO2. The van der Waals surface area contributed by atoms with Crippen molar-refractivity contribution in [2.75, 3.05) is 20.4 Å². The van der Waals surface area contributed by atoms with E-state index in [0.29, 0.717) is 21.3 Å². The van der Waals surface area contributed by atoms with Gasteiger partial charge in [0, 0.05) is 7.05 Å². The fourth-order valence-corrected chi connectivity index (χ4v) is 2.45. The Morgan fingerprint density at radius 1 is 1.21 bits per heavy atom. The summed E-state index contributed by atoms with van der Waals surface area (Å²) < 4.78 is 10.5. The lowest BCUT2D eigenvalue weighted by Crippen LogP contribution is -2.41. The van der Waals surface area contributed by atoms with E-state index in [0.717, 1.165) is 5.56 Å². The summed E-state index contributed by atoms with van der Waals surface area (Å²) in [7, 11) is 1.19. The van der Waals surface area contributed by atoms with Crippen LogP contribution in [0.1, 0.15) is 18.5 Å². The highest BCUT2D eigenvalue weighted by Gasteiger charge is 2.43. The molecular formula is C15H15N3O6. The van der Waals surface area contributed by atoms with Crippen LogP contribution < -0.4 is 14.8 Å². The number of likely N-dealkylation sites (N-methyl/N-ethyl adjacent to an activating group) is 1. The molecule has 2 heterocycles. The van der Waals surface area contributed by atoms with Gasteiger partial charge in [0.2, 0.25) is 12.7 Å². The van der Waals surface area contributed by atoms with Gasteiger partial charge >= 0.3 is 17.8 Å². The Balaban J connectivity index is 1.64. The molecule has 0 aliphatic carbocycles. The molecule has 9 nitrogen and oxygen atoms in total. The molecule has 0 unspecified atom stereocenters. The highest BCUT2D eigenvalue weighted by molar-refractivity contribution is 6.44. The number of nitrogens with zero attached hydrogens (tertiary/aromatic N) is 2. The molecular weight excluding hydrogens is 318 g/mol. The number of carbonyl (C=O) groups excluding carboxylic acids is 4. The number of carbonyl (C=O) groups is 4. The molecule has 5 amide bonds. The van der Waals surface area contributed by atoms with Crippen molar-refractivity contribution in [1.29, 1.82) is 0 Å². The van der Waals surface area contributed by atoms with Gasteiger partial charge in [-0.1, -0.05) is 6.07 Å². The predicted octanol–water partition coefficient (Wildman–Crippen LogP) is 0.0131. The lowest BCUT2D eigenvalue weighted by molar-refractivity contribution is -0.143. The summed E-state index contributed by atoms with van der Waals surface area (Å²) in [6, 6.07) is 4.07. The molecule has 2 aliphatic heterocycles. The summed E-state index contributed by atoms with van der Waals surface area (Å²) in [5, 5.41) is 2.67. The summed E-state index contributed by atoms with van der Waals surface area (Å²) in [4.78, 5) is 48.2. The average molecular weight is 333 g/mol. The van der Waals surface area contributed by atoms with Crippen molar-refractivity contribution in [1.82, 2.24) is 15.1 Å². The summed E-state index contributed by atoms with van der Waals surface area (Å²) >= 11 is 0. The van der Waals surface area contributed by atoms with E-state index in [9.17, 15) is 19.2 Å². The maximum absolute atomic E-state index is 12.1. The number of imide groups is 2. The lowest BCUT2D eigenvalue weighted by atomic mass is 10.1. The zero-order valence-electron chi connectivity index (χ0n) is 13.1. The van der Waals surface area contributed by atoms with Crippen molar-refractivity contribution in [2.24, 2.45) is 0 Å². The number of benzene rings is 1. The Morgan fingerprint density at radius 2 is 1.92 bits per heavy atom. The third-order valence-electron chi connectivity index (χ3n) is 3.83. The maximum atomic E-state index is 12.1. The zero-order chi connectivity index (χ0) is 17.4. The molecule has 0 saturated carbocycles. The molecule has 0 spiro atoms. The van der Waals surface area contributed by atoms with E-state index in [2.05, 4.69) is 5.32 Å². The van der Waals surface area contributed by atoms with Gasteiger partial charge in [0.15, 0.2) is 11.5 Å². The smallest absolute Gasteiger partial charge is 0.334 e. The van der Waals surface area contributed by atoms with Crippen molar-refractivity contribution >= 4 is 23.8 Å². The molecule has 0 aromatic heterocycles. The minimum absolute atomic E-state index is 0.153. The fourth-order valence-electron chi connectivity index (χ4n) is 2.45. The second kappa shape index (κ2) is 5.84. The van der Waals surface area contributed by atoms with Crippen LogP contribution in [0.2, 0.25) is 0 Å². The van der Waals surface area contributed by atoms with Crippen LogP contribution in [-0.2, 0) is 14.4 Å². The number of nitrogens with one attached hydrogen (secondary N) is 1. The van der Waals surface area contributed by atoms with Gasteiger partial charge in [-0.15, -0.1) is 0 Å². The summed E-state index contributed by atoms with van der Waals surface area (Å²) in [5.41, 5.74) is 0.778. The van der Waals surface area contributed by atoms with E-state index in [-0.39, 0.29) is 12.8 Å². The summed E-state index contributed by atoms with van der Waals surface area (Å²) in [6.45, 7) is 1.39. The van der Waals surface area contributed by atoms with Crippen LogP contribution in [-0.4, -0.2) is 53.9 Å². The van der Waals surface area contributed by atoms with E-state index in [4.69, 9.17) is 9.47 Å². The van der Waals surface area contributed by atoms with Crippen molar-refractivity contribution < 1.29 is 28.7 Å². The van der Waals surface area contributed by atoms with Crippen molar-refractivity contribution in [3.63, 3.8) is 0 Å². The van der Waals surface area contributed by atoms with Gasteiger partial charge < -0.3 is 14.8 Å². The first-order valence-corrected chi connectivity index (χ1v) is 7.21. The molecule has 3 rings (SSSR count). The second-order valence-electron chi connectivity index (χ2n) is 5.44. The van der Waals surface area contributed by atoms with Crippen LogP contribution in [0.4, 0.5) is 4.79 Å². The van der Waals surface area contributed by atoms with Crippen LogP contribution >= 0.6 is 0 Å². The van der Waals surface area contributed by atoms with Crippen LogP contribution in [0.5, 0.6) is 11.5 Å². The Bertz CT molecular complexity index is 747. The standard InChI is InChI=1S/C15H15N3O6/c1-8(9-3-4-10-11(5-9)24-7-23-10)16-12(19)6-18-14(21)13(20)17(2)15(18)22/h3-5,8H,6-7H2,1-2H3,(H,16,19)/t8-/m0/s1. The molecule has 9 heteroatoms. The normalized spacial score (nSPS) is 17.5. The van der Waals surface area contributed by atoms with Crippen molar-refractivity contribution in [3.05, 3.63) is 23.8 Å². The Labute approximate surface area is 137 Å². The molecule has 2 aliphatic rings. The zero-order valence-corrected chi connectivity index (χ0v) is 13.1. The van der Waals surface area contributed by atoms with E-state index >= 15 is 0 Å². The first kappa shape index (κ1) is 15.8. The highest BCUT2D eigenvalue weighted by Crippen LogP contribution is 2.34. The summed E-state index contributed by atoms with van der Waals surface area (Å²) in [5.74, 6) is -1.28. The number of amides is 5. The Hall–Kier alpha value is -3.10. The maximum Gasteiger partial charge on any atom is 0.334 e. The second-order valence-corrected chi connectivity index (χ2v) is 5.44. The average Bonchev–Trinajstić information content (AvgIpc) is 3.10. The van der Waals surface area contributed by atoms with Crippen LogP contribution in [0, 0.1) is 0 Å². The highest BCUT2D eigenvalue weighted by atomic mass is 16.7. The minimum atomic E-state index is -1.01. The largest absolute Gasteiger partial charge is 0.454 e. The van der Waals surface area contributed by atoms with E-state index in [1.807, 2.05) is 0 Å². The van der Waals surface area contributed by atoms with Gasteiger partial charge in [0.05, 0.1) is 6.04 Å². The number of hydrogen-bond acceptors (Lipinski definition) is 6. The van der Waals surface area contributed by atoms with E-state index in [1.54, 1.807) is 25.1 Å². The Morgan fingerprint density at radius 3 is 2.58 bits per heavy atom. The third kappa shape index (κ3) is 2.64. The van der Waals surface area contributed by atoms with E-state index in [1.165, 1.54) is 7.05 Å². The van der Waals surface area contributed by atoms with E-state index < -0.39 is 30.3 Å². The van der Waals surface area contributed by atoms with Gasteiger partial charge in [0.1, 0.15) is 6.54 Å². The predicted molar refractivity (Wildman–Crippen MR) is 79.0 cm³/mol. The van der Waals surface area contributed by atoms with Gasteiger partial charge in [-0.2, -0.15) is 0 Å². The van der Waals surface area contributed by atoms with Crippen molar-refractivity contribution in [3.8, 4) is 11.5 Å². The quantitative estimate of drug-likeness (QED) is 0.615. The van der Waals surface area contributed by atoms with Crippen LogP contribution in [0.15, 0.2) is 18.2 Å². The molecule has 1 saturated heterocycles. The molecule has 0 radical (unpaired) electrons. The topological polar surface area (TPSA) is 105 Å². The molecule has 24 heavy (non-hydrogen) atoms. The molecule has 1 fully saturated rings. The number of hydrogen-bond donors (Lipinski definition) is 1. The molecule has 1 N–H and O–H groups in total. The number of ether oxygens (including phenoxy) is 2. The third-order valence-corrected chi connectivity index (χ3v) is 3.83. The fraction of sp³-hybridized carbons (Fsp3) is 0.333. The summed E-state index contributed by atoms with van der Waals surface area (Å²) in [6.07, 6.45) is 0. The molecule has 1 aromatic carbocycles. The molecule has 126 valence electrons. The van der Waals surface area contributed by atoms with Gasteiger partial charge in [-0.25, -0.2) is 9.69 Å². The van der Waals surface area contributed by atoms with Gasteiger partial charge in [-0.05, 0) is 24.6 Å². The lowest BCUT2D eigenvalue weighted by Gasteiger charge is -2.17. The molecule has 1 aromatic rings. The molecule has 0 bridgehead atoms. The monoisotopic (exact) mass is 333 g/mol. The number of rotatable bonds is 4. The number of fused-ring (bicyclic) bond motifs is 1. The first-order valence-electron chi connectivity index (χ1n) is 7.21. The van der Waals surface area contributed by atoms with Gasteiger partial charge in [-0.3, -0.25) is 19.3 Å². The van der Waals surface area contributed by atoms with Crippen LogP contribution in [0.3, 0.4) is 0 Å². The molecule has 1 atom stereocenters. The number of urea groups is 1. The van der Waals surface area contributed by atoms with Gasteiger partial charge in [0.25, 0.3) is 0 Å².